The lowest BCUT2D eigenvalue weighted by molar-refractivity contribution is -0.115. The van der Waals surface area contributed by atoms with Crippen molar-refractivity contribution in [1.29, 1.82) is 0 Å². The van der Waals surface area contributed by atoms with E-state index >= 15 is 0 Å². The van der Waals surface area contributed by atoms with Crippen molar-refractivity contribution < 1.29 is 4.79 Å². The number of hydrogen-bond donors (Lipinski definition) is 2. The molecule has 0 saturated carbocycles. The molecule has 0 aliphatic rings. The highest BCUT2D eigenvalue weighted by molar-refractivity contribution is 5.70. The zero-order valence-electron chi connectivity index (χ0n) is 8.21. The van der Waals surface area contributed by atoms with Crippen LogP contribution in [0.3, 0.4) is 0 Å². The minimum atomic E-state index is -0.333. The molecule has 2 rings (SSSR count). The van der Waals surface area contributed by atoms with Gasteiger partial charge in [0.05, 0.1) is 0 Å². The Morgan fingerprint density at radius 2 is 1.93 bits per heavy atom. The van der Waals surface area contributed by atoms with Crippen LogP contribution in [0.5, 0.6) is 0 Å². The summed E-state index contributed by atoms with van der Waals surface area (Å²) < 4.78 is 0. The zero-order valence-corrected chi connectivity index (χ0v) is 8.21. The summed E-state index contributed by atoms with van der Waals surface area (Å²) in [6.45, 7) is 1.31. The maximum atomic E-state index is 9.22. The Kier molecular flexibility index (Phi) is 3.96. The average molecular weight is 205 g/mol. The Hall–Kier alpha value is -2.24. The van der Waals surface area contributed by atoms with Gasteiger partial charge < -0.3 is 5.73 Å². The third kappa shape index (κ3) is 3.99. The summed E-state index contributed by atoms with van der Waals surface area (Å²) in [5, 5.41) is 13.4. The third-order valence-corrected chi connectivity index (χ3v) is 1.39. The van der Waals surface area contributed by atoms with Crippen LogP contribution in [0.2, 0.25) is 0 Å². The molecule has 0 aliphatic heterocycles. The van der Waals surface area contributed by atoms with Gasteiger partial charge in [0.25, 0.3) is 0 Å². The molecule has 6 nitrogen and oxygen atoms in total. The molecule has 78 valence electrons. The van der Waals surface area contributed by atoms with Crippen molar-refractivity contribution in [2.24, 2.45) is 5.73 Å². The van der Waals surface area contributed by atoms with Crippen LogP contribution in [0, 0.1) is 0 Å². The normalized spacial score (nSPS) is 8.87. The molecule has 15 heavy (non-hydrogen) atoms. The molecular weight excluding hydrogens is 194 g/mol. The van der Waals surface area contributed by atoms with E-state index in [-0.39, 0.29) is 5.91 Å². The van der Waals surface area contributed by atoms with Crippen molar-refractivity contribution in [2.45, 2.75) is 6.92 Å². The van der Waals surface area contributed by atoms with E-state index in [9.17, 15) is 4.79 Å². The van der Waals surface area contributed by atoms with Crippen molar-refractivity contribution >= 4 is 5.91 Å². The van der Waals surface area contributed by atoms with Crippen LogP contribution in [0.4, 0.5) is 0 Å². The van der Waals surface area contributed by atoms with Gasteiger partial charge in [-0.2, -0.15) is 0 Å². The highest BCUT2D eigenvalue weighted by Gasteiger charge is 1.97. The number of carbonyl (C=O) groups is 1. The second-order valence-electron chi connectivity index (χ2n) is 2.73. The Labute approximate surface area is 86.5 Å². The maximum absolute atomic E-state index is 9.22. The first-order valence-electron chi connectivity index (χ1n) is 4.25. The molecule has 0 unspecified atom stereocenters. The first kappa shape index (κ1) is 10.8. The number of nitrogens with one attached hydrogen (secondary N) is 1. The molecule has 1 aromatic carbocycles. The van der Waals surface area contributed by atoms with Crippen LogP contribution >= 0.6 is 0 Å². The minimum absolute atomic E-state index is 0.333. The van der Waals surface area contributed by atoms with Gasteiger partial charge in [0.2, 0.25) is 5.91 Å². The van der Waals surface area contributed by atoms with E-state index < -0.39 is 0 Å². The molecule has 0 radical (unpaired) electrons. The van der Waals surface area contributed by atoms with Crippen molar-refractivity contribution in [3.63, 3.8) is 0 Å². The number of rotatable bonds is 1. The van der Waals surface area contributed by atoms with E-state index in [1.165, 1.54) is 6.92 Å². The summed E-state index contributed by atoms with van der Waals surface area (Å²) in [5.74, 6) is 0.366. The molecule has 1 amide bonds. The molecular formula is C9H11N5O. The Balaban J connectivity index is 0.000000245. The largest absolute Gasteiger partial charge is 0.370 e. The van der Waals surface area contributed by atoms with Gasteiger partial charge in [-0.15, -0.1) is 5.10 Å². The van der Waals surface area contributed by atoms with E-state index in [0.29, 0.717) is 5.82 Å². The lowest BCUT2D eigenvalue weighted by Crippen LogP contribution is -2.01. The first-order chi connectivity index (χ1) is 7.20. The third-order valence-electron chi connectivity index (χ3n) is 1.39. The summed E-state index contributed by atoms with van der Waals surface area (Å²) in [7, 11) is 0. The van der Waals surface area contributed by atoms with E-state index in [4.69, 9.17) is 0 Å². The monoisotopic (exact) mass is 205 g/mol. The number of nitrogens with zero attached hydrogens (tertiary/aromatic N) is 3. The standard InChI is InChI=1S/C7H6N4.C2H5NO/c1-2-4-6(5-3-1)7-8-10-11-9-7;1-2(3)4/h1-5H,(H,8,9,10,11);1H3,(H2,3,4). The molecule has 1 heterocycles. The van der Waals surface area contributed by atoms with E-state index in [2.05, 4.69) is 26.4 Å². The van der Waals surface area contributed by atoms with Crippen molar-refractivity contribution in [1.82, 2.24) is 20.6 Å². The average Bonchev–Trinajstić information content (AvgIpc) is 2.71. The smallest absolute Gasteiger partial charge is 0.214 e. The van der Waals surface area contributed by atoms with Crippen LogP contribution in [0.15, 0.2) is 30.3 Å². The van der Waals surface area contributed by atoms with Gasteiger partial charge in [-0.3, -0.25) is 4.79 Å². The number of tetrazole rings is 1. The van der Waals surface area contributed by atoms with Crippen LogP contribution in [-0.2, 0) is 4.79 Å². The summed E-state index contributed by atoms with van der Waals surface area (Å²) in [6.07, 6.45) is 0. The summed E-state index contributed by atoms with van der Waals surface area (Å²) in [4.78, 5) is 9.22. The maximum Gasteiger partial charge on any atom is 0.214 e. The van der Waals surface area contributed by atoms with Crippen LogP contribution in [0.1, 0.15) is 6.92 Å². The lowest BCUT2D eigenvalue weighted by atomic mass is 10.2. The Morgan fingerprint density at radius 3 is 2.40 bits per heavy atom. The van der Waals surface area contributed by atoms with Gasteiger partial charge in [-0.05, 0) is 10.4 Å². The molecule has 0 spiro atoms. The van der Waals surface area contributed by atoms with Crippen LogP contribution < -0.4 is 5.73 Å². The molecule has 6 heteroatoms. The lowest BCUT2D eigenvalue weighted by Gasteiger charge is -1.90. The number of benzene rings is 1. The van der Waals surface area contributed by atoms with Crippen molar-refractivity contribution in [2.75, 3.05) is 0 Å². The highest BCUT2D eigenvalue weighted by atomic mass is 16.1. The molecule has 0 atom stereocenters. The highest BCUT2D eigenvalue weighted by Crippen LogP contribution is 2.10. The molecule has 0 saturated heterocycles. The second kappa shape index (κ2) is 5.48. The van der Waals surface area contributed by atoms with Crippen molar-refractivity contribution in [3.8, 4) is 11.4 Å². The number of H-pyrrole nitrogens is 1. The fourth-order valence-corrected chi connectivity index (χ4v) is 0.877. The van der Waals surface area contributed by atoms with Gasteiger partial charge >= 0.3 is 0 Å². The summed E-state index contributed by atoms with van der Waals surface area (Å²) in [5.41, 5.74) is 5.47. The van der Waals surface area contributed by atoms with Gasteiger partial charge in [0.15, 0.2) is 5.82 Å². The molecule has 3 N–H and O–H groups in total. The number of aromatic nitrogens is 4. The molecule has 1 aromatic heterocycles. The molecule has 0 fully saturated rings. The molecule has 2 aromatic rings. The zero-order chi connectivity index (χ0) is 11.1. The van der Waals surface area contributed by atoms with Crippen LogP contribution in [-0.4, -0.2) is 26.5 Å². The Bertz CT molecular complexity index is 394. The number of hydrogen-bond acceptors (Lipinski definition) is 4. The van der Waals surface area contributed by atoms with Crippen molar-refractivity contribution in [3.05, 3.63) is 30.3 Å². The SMILES string of the molecule is CC(N)=O.c1ccc(-c2nnn[nH]2)cc1. The predicted molar refractivity (Wildman–Crippen MR) is 54.5 cm³/mol. The van der Waals surface area contributed by atoms with Gasteiger partial charge in [-0.25, -0.2) is 5.10 Å². The molecule has 0 aliphatic carbocycles. The predicted octanol–water partition coefficient (Wildman–Crippen LogP) is 0.358. The fourth-order valence-electron chi connectivity index (χ4n) is 0.877. The quantitative estimate of drug-likeness (QED) is 0.702. The summed E-state index contributed by atoms with van der Waals surface area (Å²) >= 11 is 0. The first-order valence-corrected chi connectivity index (χ1v) is 4.25. The summed E-state index contributed by atoms with van der Waals surface area (Å²) in [6, 6.07) is 9.73. The topological polar surface area (TPSA) is 97.6 Å². The number of nitrogens with two attached hydrogens (primary N) is 1. The fraction of sp³-hybridized carbons (Fsp3) is 0.111. The van der Waals surface area contributed by atoms with E-state index in [1.807, 2.05) is 30.3 Å². The van der Waals surface area contributed by atoms with Gasteiger partial charge in [0, 0.05) is 12.5 Å². The molecule has 0 bridgehead atoms. The second-order valence-corrected chi connectivity index (χ2v) is 2.73. The van der Waals surface area contributed by atoms with E-state index in [1.54, 1.807) is 0 Å². The van der Waals surface area contributed by atoms with Gasteiger partial charge in [-0.1, -0.05) is 30.3 Å². The minimum Gasteiger partial charge on any atom is -0.370 e. The van der Waals surface area contributed by atoms with Gasteiger partial charge in [0.1, 0.15) is 0 Å². The van der Waals surface area contributed by atoms with Crippen LogP contribution in [0.25, 0.3) is 11.4 Å². The number of carbonyl (C=O) groups excluding carboxylic acids is 1. The Morgan fingerprint density at radius 1 is 1.33 bits per heavy atom. The number of aromatic amines is 1. The number of primary amides is 1. The number of amides is 1. The van der Waals surface area contributed by atoms with E-state index in [0.717, 1.165) is 5.56 Å².